The van der Waals surface area contributed by atoms with Gasteiger partial charge in [-0.15, -0.1) is 0 Å². The molecule has 0 radical (unpaired) electrons. The summed E-state index contributed by atoms with van der Waals surface area (Å²) in [6.45, 7) is 2.28. The second-order valence-electron chi connectivity index (χ2n) is 6.63. The lowest BCUT2D eigenvalue weighted by Crippen LogP contribution is -2.17. The third-order valence-corrected chi connectivity index (χ3v) is 5.23. The summed E-state index contributed by atoms with van der Waals surface area (Å²) in [4.78, 5) is 4.69. The first-order valence-corrected chi connectivity index (χ1v) is 8.27. The number of aliphatic hydroxyl groups is 1. The Morgan fingerprint density at radius 1 is 1.10 bits per heavy atom. The first kappa shape index (κ1) is 14.1. The molecule has 0 amide bonds. The molecule has 2 atom stereocenters. The van der Waals surface area contributed by atoms with Crippen LogP contribution in [0, 0.1) is 5.92 Å². The maximum absolute atomic E-state index is 9.57. The van der Waals surface area contributed by atoms with Crippen molar-refractivity contribution in [2.45, 2.75) is 82.7 Å². The molecule has 4 heteroatoms. The fourth-order valence-corrected chi connectivity index (χ4v) is 3.80. The van der Waals surface area contributed by atoms with Crippen LogP contribution in [0.15, 0.2) is 4.52 Å². The highest BCUT2D eigenvalue weighted by Gasteiger charge is 2.29. The average molecular weight is 278 g/mol. The molecule has 2 unspecified atom stereocenters. The lowest BCUT2D eigenvalue weighted by Gasteiger charge is -2.26. The van der Waals surface area contributed by atoms with Crippen LogP contribution in [0.3, 0.4) is 0 Å². The summed E-state index contributed by atoms with van der Waals surface area (Å²) in [5.74, 6) is 3.45. The van der Waals surface area contributed by atoms with E-state index in [9.17, 15) is 5.11 Å². The van der Waals surface area contributed by atoms with E-state index in [4.69, 9.17) is 9.51 Å². The van der Waals surface area contributed by atoms with Gasteiger partial charge in [-0.25, -0.2) is 0 Å². The van der Waals surface area contributed by atoms with Crippen LogP contribution in [0.1, 0.15) is 88.3 Å². The highest BCUT2D eigenvalue weighted by Crippen LogP contribution is 2.38. The van der Waals surface area contributed by atoms with E-state index < -0.39 is 0 Å². The third-order valence-electron chi connectivity index (χ3n) is 5.23. The van der Waals surface area contributed by atoms with Gasteiger partial charge in [-0.3, -0.25) is 0 Å². The molecule has 1 aromatic rings. The molecular formula is C16H26N2O2. The maximum Gasteiger partial charge on any atom is 0.229 e. The predicted octanol–water partition coefficient (Wildman–Crippen LogP) is 3.77. The Hall–Kier alpha value is -0.900. The van der Waals surface area contributed by atoms with Gasteiger partial charge in [0.15, 0.2) is 5.82 Å². The largest absolute Gasteiger partial charge is 0.393 e. The van der Waals surface area contributed by atoms with Gasteiger partial charge >= 0.3 is 0 Å². The standard InChI is InChI=1S/C16H26N2O2/c1-2-11-4-3-5-13(10-11)15-17-16(20-18-15)12-6-8-14(19)9-7-12/h11-14,19H,2-10H2,1H3. The fraction of sp³-hybridized carbons (Fsp3) is 0.875. The molecule has 1 aromatic heterocycles. The molecule has 20 heavy (non-hydrogen) atoms. The Labute approximate surface area is 121 Å². The van der Waals surface area contributed by atoms with Crippen LogP contribution >= 0.6 is 0 Å². The Kier molecular flexibility index (Phi) is 4.39. The highest BCUT2D eigenvalue weighted by atomic mass is 16.5. The molecule has 0 bridgehead atoms. The van der Waals surface area contributed by atoms with Gasteiger partial charge in [-0.05, 0) is 44.4 Å². The quantitative estimate of drug-likeness (QED) is 0.914. The van der Waals surface area contributed by atoms with E-state index in [2.05, 4.69) is 12.1 Å². The lowest BCUT2D eigenvalue weighted by atomic mass is 9.80. The van der Waals surface area contributed by atoms with Gasteiger partial charge in [0.2, 0.25) is 5.89 Å². The molecule has 1 N–H and O–H groups in total. The number of aromatic nitrogens is 2. The molecule has 0 aliphatic heterocycles. The minimum absolute atomic E-state index is 0.128. The normalized spacial score (nSPS) is 35.1. The Morgan fingerprint density at radius 2 is 1.90 bits per heavy atom. The van der Waals surface area contributed by atoms with Gasteiger partial charge in [0.1, 0.15) is 0 Å². The van der Waals surface area contributed by atoms with Crippen molar-refractivity contribution in [3.05, 3.63) is 11.7 Å². The van der Waals surface area contributed by atoms with E-state index in [0.717, 1.165) is 43.3 Å². The summed E-state index contributed by atoms with van der Waals surface area (Å²) >= 11 is 0. The smallest absolute Gasteiger partial charge is 0.229 e. The molecule has 1 heterocycles. The number of nitrogens with zero attached hydrogens (tertiary/aromatic N) is 2. The van der Waals surface area contributed by atoms with Gasteiger partial charge < -0.3 is 9.63 Å². The number of hydrogen-bond acceptors (Lipinski definition) is 4. The van der Waals surface area contributed by atoms with Gasteiger partial charge in [0.25, 0.3) is 0 Å². The van der Waals surface area contributed by atoms with Crippen molar-refractivity contribution in [3.8, 4) is 0 Å². The Bertz CT molecular complexity index is 424. The average Bonchev–Trinajstić information content (AvgIpc) is 2.98. The highest BCUT2D eigenvalue weighted by molar-refractivity contribution is 5.02. The van der Waals surface area contributed by atoms with Crippen molar-refractivity contribution < 1.29 is 9.63 Å². The summed E-state index contributed by atoms with van der Waals surface area (Å²) in [6, 6.07) is 0. The van der Waals surface area contributed by atoms with E-state index in [-0.39, 0.29) is 6.10 Å². The maximum atomic E-state index is 9.57. The number of rotatable bonds is 3. The first-order valence-electron chi connectivity index (χ1n) is 8.27. The SMILES string of the molecule is CCC1CCCC(c2noc(C3CCC(O)CC3)n2)C1. The van der Waals surface area contributed by atoms with E-state index in [0.29, 0.717) is 11.8 Å². The van der Waals surface area contributed by atoms with E-state index in [1.807, 2.05) is 0 Å². The summed E-state index contributed by atoms with van der Waals surface area (Å²) in [7, 11) is 0. The van der Waals surface area contributed by atoms with Crippen molar-refractivity contribution >= 4 is 0 Å². The van der Waals surface area contributed by atoms with Gasteiger partial charge in [-0.2, -0.15) is 4.98 Å². The van der Waals surface area contributed by atoms with Crippen LogP contribution in [-0.2, 0) is 0 Å². The second kappa shape index (κ2) is 6.25. The molecule has 0 aromatic carbocycles. The summed E-state index contributed by atoms with van der Waals surface area (Å²) in [6.07, 6.45) is 9.90. The first-order chi connectivity index (χ1) is 9.76. The van der Waals surface area contributed by atoms with E-state index in [1.54, 1.807) is 0 Å². The van der Waals surface area contributed by atoms with E-state index >= 15 is 0 Å². The van der Waals surface area contributed by atoms with Crippen molar-refractivity contribution in [3.63, 3.8) is 0 Å². The summed E-state index contributed by atoms with van der Waals surface area (Å²) in [5, 5.41) is 13.8. The minimum atomic E-state index is -0.128. The van der Waals surface area contributed by atoms with Crippen LogP contribution < -0.4 is 0 Å². The summed E-state index contributed by atoms with van der Waals surface area (Å²) in [5.41, 5.74) is 0. The third kappa shape index (κ3) is 3.05. The Morgan fingerprint density at radius 3 is 2.65 bits per heavy atom. The molecule has 2 aliphatic carbocycles. The van der Waals surface area contributed by atoms with Crippen LogP contribution in [-0.4, -0.2) is 21.4 Å². The van der Waals surface area contributed by atoms with Gasteiger partial charge in [0, 0.05) is 11.8 Å². The zero-order valence-electron chi connectivity index (χ0n) is 12.4. The Balaban J connectivity index is 1.64. The zero-order valence-corrected chi connectivity index (χ0v) is 12.4. The molecule has 2 aliphatic rings. The molecule has 4 nitrogen and oxygen atoms in total. The zero-order chi connectivity index (χ0) is 13.9. The lowest BCUT2D eigenvalue weighted by molar-refractivity contribution is 0.116. The van der Waals surface area contributed by atoms with Crippen molar-refractivity contribution in [1.82, 2.24) is 10.1 Å². The fourth-order valence-electron chi connectivity index (χ4n) is 3.80. The number of aliphatic hydroxyl groups excluding tert-OH is 1. The summed E-state index contributed by atoms with van der Waals surface area (Å²) < 4.78 is 5.52. The van der Waals surface area contributed by atoms with Gasteiger partial charge in [-0.1, -0.05) is 31.3 Å². The van der Waals surface area contributed by atoms with Crippen LogP contribution in [0.25, 0.3) is 0 Å². The van der Waals surface area contributed by atoms with Gasteiger partial charge in [0.05, 0.1) is 6.10 Å². The second-order valence-corrected chi connectivity index (χ2v) is 6.63. The predicted molar refractivity (Wildman–Crippen MR) is 76.5 cm³/mol. The van der Waals surface area contributed by atoms with Crippen molar-refractivity contribution in [2.75, 3.05) is 0 Å². The topological polar surface area (TPSA) is 59.2 Å². The van der Waals surface area contributed by atoms with Crippen LogP contribution in [0.5, 0.6) is 0 Å². The van der Waals surface area contributed by atoms with E-state index in [1.165, 1.54) is 32.1 Å². The molecular weight excluding hydrogens is 252 g/mol. The molecule has 2 saturated carbocycles. The monoisotopic (exact) mass is 278 g/mol. The molecule has 2 fully saturated rings. The van der Waals surface area contributed by atoms with Crippen LogP contribution in [0.4, 0.5) is 0 Å². The molecule has 3 rings (SSSR count). The van der Waals surface area contributed by atoms with Crippen LogP contribution in [0.2, 0.25) is 0 Å². The van der Waals surface area contributed by atoms with Crippen molar-refractivity contribution in [2.24, 2.45) is 5.92 Å². The minimum Gasteiger partial charge on any atom is -0.393 e. The molecule has 0 saturated heterocycles. The van der Waals surface area contributed by atoms with Crippen molar-refractivity contribution in [1.29, 1.82) is 0 Å². The number of hydrogen-bond donors (Lipinski definition) is 1. The molecule has 112 valence electrons. The molecule has 0 spiro atoms.